The van der Waals surface area contributed by atoms with Crippen molar-refractivity contribution in [1.29, 1.82) is 0 Å². The Balaban J connectivity index is 2.06. The zero-order chi connectivity index (χ0) is 13.7. The molecule has 0 radical (unpaired) electrons. The molecule has 0 spiro atoms. The summed E-state index contributed by atoms with van der Waals surface area (Å²) in [5.74, 6) is 1.01. The van der Waals surface area contributed by atoms with Crippen LogP contribution in [0.2, 0.25) is 0 Å². The molecule has 0 aliphatic rings. The van der Waals surface area contributed by atoms with Crippen LogP contribution < -0.4 is 5.73 Å². The molecule has 1 aromatic carbocycles. The van der Waals surface area contributed by atoms with E-state index in [2.05, 4.69) is 10.1 Å². The molecule has 0 bridgehead atoms. The molecular weight excluding hydrogens is 242 g/mol. The Hall–Kier alpha value is -1.72. The molecule has 2 N–H and O–H groups in total. The molecule has 0 saturated heterocycles. The van der Waals surface area contributed by atoms with Gasteiger partial charge in [0.1, 0.15) is 6.10 Å². The smallest absolute Gasteiger partial charge is 0.243 e. The second-order valence-corrected chi connectivity index (χ2v) is 4.42. The monoisotopic (exact) mass is 261 g/mol. The maximum Gasteiger partial charge on any atom is 0.243 e. The van der Waals surface area contributed by atoms with E-state index in [-0.39, 0.29) is 12.1 Å². The summed E-state index contributed by atoms with van der Waals surface area (Å²) in [6.07, 6.45) is 1.33. The molecule has 102 valence electrons. The van der Waals surface area contributed by atoms with Gasteiger partial charge in [-0.2, -0.15) is 4.98 Å². The van der Waals surface area contributed by atoms with Gasteiger partial charge in [-0.05, 0) is 18.4 Å². The highest BCUT2D eigenvalue weighted by atomic mass is 16.5. The number of hydrogen-bond donors (Lipinski definition) is 1. The molecule has 0 fully saturated rings. The van der Waals surface area contributed by atoms with Crippen molar-refractivity contribution in [2.75, 3.05) is 7.11 Å². The maximum atomic E-state index is 6.09. The lowest BCUT2D eigenvalue weighted by Crippen LogP contribution is -2.14. The summed E-state index contributed by atoms with van der Waals surface area (Å²) in [7, 11) is 1.63. The number of methoxy groups -OCH3 is 1. The molecular formula is C14H19N3O2. The Labute approximate surface area is 112 Å². The van der Waals surface area contributed by atoms with Gasteiger partial charge >= 0.3 is 0 Å². The number of nitrogens with two attached hydrogens (primary N) is 1. The van der Waals surface area contributed by atoms with Crippen molar-refractivity contribution in [3.8, 4) is 0 Å². The number of ether oxygens (including phenoxy) is 1. The average molecular weight is 261 g/mol. The van der Waals surface area contributed by atoms with E-state index < -0.39 is 0 Å². The van der Waals surface area contributed by atoms with Crippen LogP contribution in [0.5, 0.6) is 0 Å². The molecule has 1 heterocycles. The maximum absolute atomic E-state index is 6.09. The number of rotatable bonds is 6. The molecule has 2 aromatic rings. The van der Waals surface area contributed by atoms with Gasteiger partial charge in [0.15, 0.2) is 0 Å². The van der Waals surface area contributed by atoms with Gasteiger partial charge in [-0.3, -0.25) is 0 Å². The Morgan fingerprint density at radius 1 is 1.32 bits per heavy atom. The Kier molecular flexibility index (Phi) is 4.65. The predicted molar refractivity (Wildman–Crippen MR) is 71.4 cm³/mol. The van der Waals surface area contributed by atoms with E-state index in [0.717, 1.165) is 12.0 Å². The SMILES string of the molecule is CCC(OC)c1noc([C@@H](N)Cc2ccccc2)n1. The Bertz CT molecular complexity index is 494. The molecule has 1 aromatic heterocycles. The van der Waals surface area contributed by atoms with Crippen LogP contribution in [0.25, 0.3) is 0 Å². The van der Waals surface area contributed by atoms with E-state index in [1.165, 1.54) is 0 Å². The van der Waals surface area contributed by atoms with Crippen LogP contribution in [0.3, 0.4) is 0 Å². The van der Waals surface area contributed by atoms with Crippen LogP contribution in [-0.2, 0) is 11.2 Å². The fourth-order valence-electron chi connectivity index (χ4n) is 1.94. The van der Waals surface area contributed by atoms with E-state index in [9.17, 15) is 0 Å². The van der Waals surface area contributed by atoms with Gasteiger partial charge in [0.2, 0.25) is 11.7 Å². The second-order valence-electron chi connectivity index (χ2n) is 4.42. The van der Waals surface area contributed by atoms with Gasteiger partial charge in [-0.15, -0.1) is 0 Å². The van der Waals surface area contributed by atoms with Crippen LogP contribution in [0.4, 0.5) is 0 Å². The van der Waals surface area contributed by atoms with Crippen molar-refractivity contribution in [3.05, 3.63) is 47.6 Å². The fraction of sp³-hybridized carbons (Fsp3) is 0.429. The van der Waals surface area contributed by atoms with Crippen molar-refractivity contribution < 1.29 is 9.26 Å². The van der Waals surface area contributed by atoms with Gasteiger partial charge in [0, 0.05) is 7.11 Å². The minimum absolute atomic E-state index is 0.138. The van der Waals surface area contributed by atoms with Crippen LogP contribution >= 0.6 is 0 Å². The summed E-state index contributed by atoms with van der Waals surface area (Å²) in [4.78, 5) is 4.32. The third kappa shape index (κ3) is 3.39. The third-order valence-electron chi connectivity index (χ3n) is 3.02. The molecule has 5 heteroatoms. The Morgan fingerprint density at radius 2 is 2.05 bits per heavy atom. The lowest BCUT2D eigenvalue weighted by atomic mass is 10.1. The van der Waals surface area contributed by atoms with E-state index in [1.54, 1.807) is 7.11 Å². The topological polar surface area (TPSA) is 74.2 Å². The van der Waals surface area contributed by atoms with E-state index in [0.29, 0.717) is 18.1 Å². The van der Waals surface area contributed by atoms with Crippen molar-refractivity contribution in [1.82, 2.24) is 10.1 Å². The highest BCUT2D eigenvalue weighted by Crippen LogP contribution is 2.20. The fourth-order valence-corrected chi connectivity index (χ4v) is 1.94. The zero-order valence-electron chi connectivity index (χ0n) is 11.2. The number of benzene rings is 1. The first kappa shape index (κ1) is 13.7. The largest absolute Gasteiger partial charge is 0.373 e. The lowest BCUT2D eigenvalue weighted by Gasteiger charge is -2.07. The standard InChI is InChI=1S/C14H19N3O2/c1-3-12(18-2)13-16-14(19-17-13)11(15)9-10-7-5-4-6-8-10/h4-8,11-12H,3,9,15H2,1-2H3/t11-,12?/m0/s1. The van der Waals surface area contributed by atoms with Gasteiger partial charge < -0.3 is 15.0 Å². The molecule has 0 aliphatic carbocycles. The highest BCUT2D eigenvalue weighted by Gasteiger charge is 2.19. The first-order valence-electron chi connectivity index (χ1n) is 6.40. The summed E-state index contributed by atoms with van der Waals surface area (Å²) in [5, 5.41) is 3.93. The van der Waals surface area contributed by atoms with E-state index >= 15 is 0 Å². The van der Waals surface area contributed by atoms with Crippen LogP contribution in [-0.4, -0.2) is 17.3 Å². The highest BCUT2D eigenvalue weighted by molar-refractivity contribution is 5.16. The van der Waals surface area contributed by atoms with Crippen molar-refractivity contribution in [2.24, 2.45) is 5.73 Å². The second kappa shape index (κ2) is 6.45. The quantitative estimate of drug-likeness (QED) is 0.864. The van der Waals surface area contributed by atoms with E-state index in [1.807, 2.05) is 37.3 Å². The zero-order valence-corrected chi connectivity index (χ0v) is 11.2. The van der Waals surface area contributed by atoms with Crippen LogP contribution in [0, 0.1) is 0 Å². The molecule has 0 amide bonds. The third-order valence-corrected chi connectivity index (χ3v) is 3.02. The average Bonchev–Trinajstić information content (AvgIpc) is 2.91. The molecule has 0 aliphatic heterocycles. The first-order chi connectivity index (χ1) is 9.24. The van der Waals surface area contributed by atoms with Crippen molar-refractivity contribution >= 4 is 0 Å². The number of nitrogens with zero attached hydrogens (tertiary/aromatic N) is 2. The summed E-state index contributed by atoms with van der Waals surface area (Å²) < 4.78 is 10.5. The van der Waals surface area contributed by atoms with Gasteiger partial charge in [0.05, 0.1) is 6.04 Å². The summed E-state index contributed by atoms with van der Waals surface area (Å²) >= 11 is 0. The molecule has 1 unspecified atom stereocenters. The summed E-state index contributed by atoms with van der Waals surface area (Å²) in [6.45, 7) is 2.01. The van der Waals surface area contributed by atoms with Gasteiger partial charge in [-0.1, -0.05) is 42.4 Å². The molecule has 5 nitrogen and oxygen atoms in total. The van der Waals surface area contributed by atoms with Gasteiger partial charge in [-0.25, -0.2) is 0 Å². The first-order valence-corrected chi connectivity index (χ1v) is 6.40. The van der Waals surface area contributed by atoms with Crippen molar-refractivity contribution in [3.63, 3.8) is 0 Å². The van der Waals surface area contributed by atoms with Crippen LogP contribution in [0.15, 0.2) is 34.9 Å². The summed E-state index contributed by atoms with van der Waals surface area (Å²) in [6, 6.07) is 9.71. The molecule has 2 atom stereocenters. The lowest BCUT2D eigenvalue weighted by molar-refractivity contribution is 0.0903. The number of aromatic nitrogens is 2. The molecule has 2 rings (SSSR count). The predicted octanol–water partition coefficient (Wildman–Crippen LogP) is 2.41. The van der Waals surface area contributed by atoms with Crippen LogP contribution in [0.1, 0.15) is 42.8 Å². The van der Waals surface area contributed by atoms with E-state index in [4.69, 9.17) is 15.0 Å². The van der Waals surface area contributed by atoms with Crippen molar-refractivity contribution in [2.45, 2.75) is 31.9 Å². The molecule has 0 saturated carbocycles. The molecule has 19 heavy (non-hydrogen) atoms. The normalized spacial score (nSPS) is 14.3. The van der Waals surface area contributed by atoms with Gasteiger partial charge in [0.25, 0.3) is 0 Å². The minimum Gasteiger partial charge on any atom is -0.373 e. The summed E-state index contributed by atoms with van der Waals surface area (Å²) in [5.41, 5.74) is 7.23. The Morgan fingerprint density at radius 3 is 2.68 bits per heavy atom. The number of hydrogen-bond acceptors (Lipinski definition) is 5. The minimum atomic E-state index is -0.294.